The van der Waals surface area contributed by atoms with Gasteiger partial charge in [0.1, 0.15) is 18.1 Å². The third-order valence-electron chi connectivity index (χ3n) is 4.84. The molecule has 2 atom stereocenters. The highest BCUT2D eigenvalue weighted by Gasteiger charge is 2.39. The number of rotatable bonds is 4. The van der Waals surface area contributed by atoms with E-state index in [1.807, 2.05) is 25.1 Å². The number of nitrogens with zero attached hydrogens (tertiary/aromatic N) is 1. The molecule has 7 nitrogen and oxygen atoms in total. The molecular weight excluding hydrogens is 370 g/mol. The Morgan fingerprint density at radius 3 is 2.63 bits per heavy atom. The van der Waals surface area contributed by atoms with Crippen LogP contribution in [0.25, 0.3) is 0 Å². The zero-order valence-electron chi connectivity index (χ0n) is 15.0. The lowest BCUT2D eigenvalue weighted by molar-refractivity contribution is -0.144. The third-order valence-corrected chi connectivity index (χ3v) is 6.59. The second kappa shape index (κ2) is 6.92. The van der Waals surface area contributed by atoms with E-state index in [2.05, 4.69) is 0 Å². The largest absolute Gasteiger partial charge is 0.485 e. The molecule has 3 heterocycles. The van der Waals surface area contributed by atoms with Crippen molar-refractivity contribution in [3.63, 3.8) is 0 Å². The van der Waals surface area contributed by atoms with E-state index in [0.717, 1.165) is 5.76 Å². The predicted molar refractivity (Wildman–Crippen MR) is 97.4 cm³/mol. The molecule has 0 bridgehead atoms. The molecule has 4 rings (SSSR count). The molecular formula is C19H21NO6S. The molecule has 0 spiro atoms. The van der Waals surface area contributed by atoms with Crippen molar-refractivity contribution in [2.75, 3.05) is 18.1 Å². The molecule has 0 N–H and O–H groups in total. The van der Waals surface area contributed by atoms with E-state index in [0.29, 0.717) is 23.7 Å². The summed E-state index contributed by atoms with van der Waals surface area (Å²) < 4.78 is 41.0. The van der Waals surface area contributed by atoms with Crippen LogP contribution in [-0.2, 0) is 21.2 Å². The Balaban J connectivity index is 1.57. The number of sulfone groups is 1. The topological polar surface area (TPSA) is 86.0 Å². The van der Waals surface area contributed by atoms with Gasteiger partial charge in [-0.1, -0.05) is 12.1 Å². The van der Waals surface area contributed by atoms with Gasteiger partial charge < -0.3 is 18.8 Å². The average molecular weight is 391 g/mol. The Labute approximate surface area is 157 Å². The SMILES string of the molecule is Cc1ccc(CN(C(=O)[C@@H]2COc3ccccc3O2)[C@H]2CCS(=O)(=O)C2)o1. The fourth-order valence-electron chi connectivity index (χ4n) is 3.47. The van der Waals surface area contributed by atoms with E-state index in [1.54, 1.807) is 23.1 Å². The minimum atomic E-state index is -3.14. The first kappa shape index (κ1) is 17.9. The summed E-state index contributed by atoms with van der Waals surface area (Å²) in [6, 6.07) is 10.4. The monoisotopic (exact) mass is 391 g/mol. The van der Waals surface area contributed by atoms with E-state index >= 15 is 0 Å². The summed E-state index contributed by atoms with van der Waals surface area (Å²) in [5, 5.41) is 0. The lowest BCUT2D eigenvalue weighted by Crippen LogP contribution is -2.50. The molecule has 0 radical (unpaired) electrons. The molecule has 1 saturated heterocycles. The van der Waals surface area contributed by atoms with Gasteiger partial charge in [-0.15, -0.1) is 0 Å². The number of para-hydroxylation sites is 2. The summed E-state index contributed by atoms with van der Waals surface area (Å²) in [5.74, 6) is 2.21. The Bertz CT molecular complexity index is 951. The van der Waals surface area contributed by atoms with E-state index in [-0.39, 0.29) is 30.6 Å². The van der Waals surface area contributed by atoms with Crippen LogP contribution in [0.1, 0.15) is 17.9 Å². The number of ether oxygens (including phenoxy) is 2. The van der Waals surface area contributed by atoms with Crippen molar-refractivity contribution in [1.82, 2.24) is 4.90 Å². The van der Waals surface area contributed by atoms with E-state index in [9.17, 15) is 13.2 Å². The van der Waals surface area contributed by atoms with Crippen molar-refractivity contribution >= 4 is 15.7 Å². The molecule has 0 aliphatic carbocycles. The number of hydrogen-bond donors (Lipinski definition) is 0. The van der Waals surface area contributed by atoms with Gasteiger partial charge in [-0.25, -0.2) is 8.42 Å². The molecule has 27 heavy (non-hydrogen) atoms. The molecule has 0 saturated carbocycles. The van der Waals surface area contributed by atoms with Crippen molar-refractivity contribution in [2.45, 2.75) is 32.0 Å². The van der Waals surface area contributed by atoms with Crippen LogP contribution in [0.3, 0.4) is 0 Å². The van der Waals surface area contributed by atoms with Crippen LogP contribution in [0.2, 0.25) is 0 Å². The molecule has 1 aromatic heterocycles. The summed E-state index contributed by atoms with van der Waals surface area (Å²) in [7, 11) is -3.14. The minimum Gasteiger partial charge on any atom is -0.485 e. The number of aryl methyl sites for hydroxylation is 1. The van der Waals surface area contributed by atoms with Crippen LogP contribution in [0, 0.1) is 6.92 Å². The highest BCUT2D eigenvalue weighted by molar-refractivity contribution is 7.91. The lowest BCUT2D eigenvalue weighted by atomic mass is 10.1. The summed E-state index contributed by atoms with van der Waals surface area (Å²) in [6.07, 6.45) is -0.406. The van der Waals surface area contributed by atoms with Gasteiger partial charge in [0.05, 0.1) is 18.1 Å². The molecule has 8 heteroatoms. The normalized spacial score (nSPS) is 23.1. The van der Waals surface area contributed by atoms with Gasteiger partial charge in [-0.2, -0.15) is 0 Å². The maximum Gasteiger partial charge on any atom is 0.267 e. The summed E-state index contributed by atoms with van der Waals surface area (Å²) >= 11 is 0. The number of carbonyl (C=O) groups excluding carboxylic acids is 1. The summed E-state index contributed by atoms with van der Waals surface area (Å²) in [6.45, 7) is 2.11. The molecule has 2 aliphatic rings. The van der Waals surface area contributed by atoms with Gasteiger partial charge in [0, 0.05) is 6.04 Å². The number of furan rings is 1. The van der Waals surface area contributed by atoms with E-state index < -0.39 is 22.0 Å². The van der Waals surface area contributed by atoms with E-state index in [1.165, 1.54) is 0 Å². The molecule has 2 aliphatic heterocycles. The van der Waals surface area contributed by atoms with Crippen LogP contribution in [-0.4, -0.2) is 49.5 Å². The second-order valence-corrected chi connectivity index (χ2v) is 9.13. The van der Waals surface area contributed by atoms with Gasteiger partial charge in [0.15, 0.2) is 21.3 Å². The van der Waals surface area contributed by atoms with Gasteiger partial charge in [0.25, 0.3) is 5.91 Å². The van der Waals surface area contributed by atoms with E-state index in [4.69, 9.17) is 13.9 Å². The van der Waals surface area contributed by atoms with Crippen LogP contribution < -0.4 is 9.47 Å². The molecule has 144 valence electrons. The van der Waals surface area contributed by atoms with Crippen molar-refractivity contribution < 1.29 is 27.1 Å². The minimum absolute atomic E-state index is 0.0391. The molecule has 1 amide bonds. The van der Waals surface area contributed by atoms with Crippen LogP contribution >= 0.6 is 0 Å². The Morgan fingerprint density at radius 1 is 1.19 bits per heavy atom. The quantitative estimate of drug-likeness (QED) is 0.792. The highest BCUT2D eigenvalue weighted by Crippen LogP contribution is 2.32. The van der Waals surface area contributed by atoms with Crippen LogP contribution in [0.4, 0.5) is 0 Å². The van der Waals surface area contributed by atoms with Gasteiger partial charge in [0.2, 0.25) is 6.10 Å². The van der Waals surface area contributed by atoms with Gasteiger partial charge in [-0.05, 0) is 37.6 Å². The Kier molecular flexibility index (Phi) is 4.59. The van der Waals surface area contributed by atoms with Crippen molar-refractivity contribution in [3.05, 3.63) is 47.9 Å². The fraction of sp³-hybridized carbons (Fsp3) is 0.421. The first-order chi connectivity index (χ1) is 12.9. The standard InChI is InChI=1S/C19H21NO6S/c1-13-6-7-15(25-13)10-20(14-8-9-27(22,23)12-14)19(21)18-11-24-16-4-2-3-5-17(16)26-18/h2-7,14,18H,8-12H2,1H3/t14-,18-/m0/s1. The number of fused-ring (bicyclic) bond motifs is 1. The first-order valence-electron chi connectivity index (χ1n) is 8.86. The lowest BCUT2D eigenvalue weighted by Gasteiger charge is -2.33. The smallest absolute Gasteiger partial charge is 0.267 e. The maximum atomic E-state index is 13.2. The molecule has 0 unspecified atom stereocenters. The van der Waals surface area contributed by atoms with Crippen molar-refractivity contribution in [3.8, 4) is 11.5 Å². The average Bonchev–Trinajstić information content (AvgIpc) is 3.23. The van der Waals surface area contributed by atoms with Gasteiger partial charge >= 0.3 is 0 Å². The highest BCUT2D eigenvalue weighted by atomic mass is 32.2. The maximum absolute atomic E-state index is 13.2. The van der Waals surface area contributed by atoms with Crippen molar-refractivity contribution in [2.24, 2.45) is 0 Å². The second-order valence-electron chi connectivity index (χ2n) is 6.90. The number of hydrogen-bond acceptors (Lipinski definition) is 6. The fourth-order valence-corrected chi connectivity index (χ4v) is 5.20. The zero-order chi connectivity index (χ0) is 19.0. The molecule has 1 aromatic carbocycles. The Hall–Kier alpha value is -2.48. The summed E-state index contributed by atoms with van der Waals surface area (Å²) in [5.41, 5.74) is 0. The van der Waals surface area contributed by atoms with Crippen LogP contribution in [0.5, 0.6) is 11.5 Å². The molecule has 1 fully saturated rings. The number of carbonyl (C=O) groups is 1. The summed E-state index contributed by atoms with van der Waals surface area (Å²) in [4.78, 5) is 14.8. The molecule has 2 aromatic rings. The number of benzene rings is 1. The predicted octanol–water partition coefficient (Wildman–Crippen LogP) is 1.94. The third kappa shape index (κ3) is 3.80. The van der Waals surface area contributed by atoms with Crippen molar-refractivity contribution in [1.29, 1.82) is 0 Å². The Morgan fingerprint density at radius 2 is 1.96 bits per heavy atom. The van der Waals surface area contributed by atoms with Crippen LogP contribution in [0.15, 0.2) is 40.8 Å². The number of amides is 1. The van der Waals surface area contributed by atoms with Gasteiger partial charge in [-0.3, -0.25) is 4.79 Å². The first-order valence-corrected chi connectivity index (χ1v) is 10.7. The zero-order valence-corrected chi connectivity index (χ0v) is 15.8.